The van der Waals surface area contributed by atoms with E-state index >= 15 is 0 Å². The van der Waals surface area contributed by atoms with E-state index in [0.717, 1.165) is 17.0 Å². The van der Waals surface area contributed by atoms with Crippen LogP contribution in [0.25, 0.3) is 5.69 Å². The maximum absolute atomic E-state index is 12.9. The molecule has 8 heteroatoms. The summed E-state index contributed by atoms with van der Waals surface area (Å²) in [4.78, 5) is 3.18. The first-order chi connectivity index (χ1) is 8.69. The number of rotatable bonds is 2. The molecule has 0 bridgehead atoms. The van der Waals surface area contributed by atoms with Crippen LogP contribution in [0.15, 0.2) is 41.6 Å². The lowest BCUT2D eigenvalue weighted by Crippen LogP contribution is -2.13. The summed E-state index contributed by atoms with van der Waals surface area (Å²) in [7, 11) is -3.80. The summed E-state index contributed by atoms with van der Waals surface area (Å²) in [6.45, 7) is 0. The molecule has 0 aliphatic carbocycles. The minimum atomic E-state index is -4.74. The molecule has 0 fully saturated rings. The molecule has 0 atom stereocenters. The molecule has 1 heterocycles. The number of para-hydroxylation sites is 1. The van der Waals surface area contributed by atoms with Gasteiger partial charge in [0.25, 0.3) is 0 Å². The van der Waals surface area contributed by atoms with E-state index in [1.54, 1.807) is 18.2 Å². The second kappa shape index (κ2) is 4.37. The predicted octanol–water partition coefficient (Wildman–Crippen LogP) is 2.29. The van der Waals surface area contributed by atoms with Crippen LogP contribution in [-0.4, -0.2) is 24.2 Å². The molecule has 2 aromatic rings. The van der Waals surface area contributed by atoms with E-state index in [1.165, 1.54) is 12.1 Å². The highest BCUT2D eigenvalue weighted by molar-refractivity contribution is 7.90. The summed E-state index contributed by atoms with van der Waals surface area (Å²) >= 11 is 0. The third-order valence-electron chi connectivity index (χ3n) is 2.35. The number of aromatic nitrogens is 2. The topological polar surface area (TPSA) is 52.0 Å². The molecular formula is C11H9F3N2O2S. The van der Waals surface area contributed by atoms with Crippen molar-refractivity contribution in [1.29, 1.82) is 0 Å². The van der Waals surface area contributed by atoms with Crippen LogP contribution in [0.4, 0.5) is 13.2 Å². The fraction of sp³-hybridized carbons (Fsp3) is 0.182. The molecule has 102 valence electrons. The van der Waals surface area contributed by atoms with Gasteiger partial charge in [0, 0.05) is 18.1 Å². The standard InChI is InChI=1S/C11H9F3N2O2S/c1-19(17,18)9-7-16(8-5-3-2-4-6-8)10(15-9)11(12,13)14/h2-7H,1H3. The van der Waals surface area contributed by atoms with Crippen molar-refractivity contribution in [3.05, 3.63) is 42.4 Å². The summed E-state index contributed by atoms with van der Waals surface area (Å²) in [5, 5.41) is -0.608. The Hall–Kier alpha value is -1.83. The third kappa shape index (κ3) is 2.78. The number of hydrogen-bond acceptors (Lipinski definition) is 3. The average molecular weight is 290 g/mol. The lowest BCUT2D eigenvalue weighted by molar-refractivity contribution is -0.146. The Kier molecular flexibility index (Phi) is 3.13. The highest BCUT2D eigenvalue weighted by Crippen LogP contribution is 2.31. The molecule has 0 amide bonds. The molecule has 0 aliphatic heterocycles. The van der Waals surface area contributed by atoms with Gasteiger partial charge in [0.2, 0.25) is 5.82 Å². The van der Waals surface area contributed by atoms with Gasteiger partial charge in [0.15, 0.2) is 14.9 Å². The normalized spacial score (nSPS) is 12.6. The van der Waals surface area contributed by atoms with E-state index in [-0.39, 0.29) is 5.69 Å². The van der Waals surface area contributed by atoms with Crippen LogP contribution in [-0.2, 0) is 16.0 Å². The van der Waals surface area contributed by atoms with Crippen molar-refractivity contribution in [3.8, 4) is 5.69 Å². The zero-order chi connectivity index (χ0) is 14.3. The number of benzene rings is 1. The van der Waals surface area contributed by atoms with Gasteiger partial charge in [-0.2, -0.15) is 13.2 Å². The van der Waals surface area contributed by atoms with Crippen molar-refractivity contribution in [2.24, 2.45) is 0 Å². The Bertz CT molecular complexity index is 690. The second-order valence-electron chi connectivity index (χ2n) is 3.88. The van der Waals surface area contributed by atoms with E-state index in [0.29, 0.717) is 0 Å². The Labute approximate surface area is 107 Å². The number of imidazole rings is 1. The van der Waals surface area contributed by atoms with Gasteiger partial charge in [-0.05, 0) is 12.1 Å². The zero-order valence-corrected chi connectivity index (χ0v) is 10.5. The molecule has 1 aromatic heterocycles. The van der Waals surface area contributed by atoms with Gasteiger partial charge in [-0.25, -0.2) is 13.4 Å². The smallest absolute Gasteiger partial charge is 0.295 e. The van der Waals surface area contributed by atoms with E-state index in [2.05, 4.69) is 4.98 Å². The SMILES string of the molecule is CS(=O)(=O)c1cn(-c2ccccc2)c(C(F)(F)F)n1. The number of hydrogen-bond donors (Lipinski definition) is 0. The van der Waals surface area contributed by atoms with Crippen LogP contribution >= 0.6 is 0 Å². The minimum Gasteiger partial charge on any atom is -0.295 e. The first-order valence-corrected chi connectivity index (χ1v) is 7.01. The van der Waals surface area contributed by atoms with E-state index < -0.39 is 26.9 Å². The van der Waals surface area contributed by atoms with Gasteiger partial charge < -0.3 is 0 Å². The summed E-state index contributed by atoms with van der Waals surface area (Å²) in [6.07, 6.45) is -3.06. The van der Waals surface area contributed by atoms with Crippen molar-refractivity contribution < 1.29 is 21.6 Å². The molecule has 0 spiro atoms. The monoisotopic (exact) mass is 290 g/mol. The summed E-state index contributed by atoms with van der Waals surface area (Å²) in [5.74, 6) is -1.26. The molecular weight excluding hydrogens is 281 g/mol. The summed E-state index contributed by atoms with van der Waals surface area (Å²) in [5.41, 5.74) is 0.192. The van der Waals surface area contributed by atoms with Crippen LogP contribution in [0.2, 0.25) is 0 Å². The highest BCUT2D eigenvalue weighted by Gasteiger charge is 2.38. The van der Waals surface area contributed by atoms with Crippen LogP contribution in [0.1, 0.15) is 5.82 Å². The number of nitrogens with zero attached hydrogens (tertiary/aromatic N) is 2. The van der Waals surface area contributed by atoms with Gasteiger partial charge in [0.1, 0.15) is 0 Å². The highest BCUT2D eigenvalue weighted by atomic mass is 32.2. The van der Waals surface area contributed by atoms with E-state index in [4.69, 9.17) is 0 Å². The Morgan fingerprint density at radius 2 is 1.74 bits per heavy atom. The lowest BCUT2D eigenvalue weighted by atomic mass is 10.3. The molecule has 0 saturated heterocycles. The average Bonchev–Trinajstić information content (AvgIpc) is 2.74. The van der Waals surface area contributed by atoms with E-state index in [1.807, 2.05) is 0 Å². The van der Waals surface area contributed by atoms with Crippen LogP contribution in [0.5, 0.6) is 0 Å². The fourth-order valence-corrected chi connectivity index (χ4v) is 2.07. The lowest BCUT2D eigenvalue weighted by Gasteiger charge is -2.09. The van der Waals surface area contributed by atoms with Gasteiger partial charge in [-0.1, -0.05) is 18.2 Å². The molecule has 1 aromatic carbocycles. The maximum Gasteiger partial charge on any atom is 0.450 e. The molecule has 0 radical (unpaired) electrons. The number of alkyl halides is 3. The summed E-state index contributed by atoms with van der Waals surface area (Å²) < 4.78 is 61.9. The Balaban J connectivity index is 2.70. The maximum atomic E-state index is 12.9. The molecule has 19 heavy (non-hydrogen) atoms. The van der Waals surface area contributed by atoms with Gasteiger partial charge in [0.05, 0.1) is 0 Å². The second-order valence-corrected chi connectivity index (χ2v) is 5.84. The van der Waals surface area contributed by atoms with E-state index in [9.17, 15) is 21.6 Å². The first kappa shape index (κ1) is 13.6. The summed E-state index contributed by atoms with van der Waals surface area (Å²) in [6, 6.07) is 7.61. The molecule has 0 N–H and O–H groups in total. The predicted molar refractivity (Wildman–Crippen MR) is 61.7 cm³/mol. The zero-order valence-electron chi connectivity index (χ0n) is 9.72. The number of sulfone groups is 1. The van der Waals surface area contributed by atoms with Gasteiger partial charge in [-0.3, -0.25) is 4.57 Å². The molecule has 0 aliphatic rings. The van der Waals surface area contributed by atoms with Crippen molar-refractivity contribution in [3.63, 3.8) is 0 Å². The third-order valence-corrected chi connectivity index (χ3v) is 3.31. The van der Waals surface area contributed by atoms with Gasteiger partial charge in [-0.15, -0.1) is 0 Å². The van der Waals surface area contributed by atoms with Crippen molar-refractivity contribution >= 4 is 9.84 Å². The molecule has 0 saturated carbocycles. The largest absolute Gasteiger partial charge is 0.450 e. The van der Waals surface area contributed by atoms with Crippen molar-refractivity contribution in [2.75, 3.05) is 6.26 Å². The van der Waals surface area contributed by atoms with Crippen LogP contribution < -0.4 is 0 Å². The van der Waals surface area contributed by atoms with Crippen LogP contribution in [0, 0.1) is 0 Å². The molecule has 0 unspecified atom stereocenters. The Morgan fingerprint density at radius 3 is 2.21 bits per heavy atom. The minimum absolute atomic E-state index is 0.192. The first-order valence-electron chi connectivity index (χ1n) is 5.11. The van der Waals surface area contributed by atoms with Crippen molar-refractivity contribution in [2.45, 2.75) is 11.2 Å². The van der Waals surface area contributed by atoms with Crippen molar-refractivity contribution in [1.82, 2.24) is 9.55 Å². The molecule has 2 rings (SSSR count). The Morgan fingerprint density at radius 1 is 1.16 bits per heavy atom. The fourth-order valence-electron chi connectivity index (χ4n) is 1.52. The van der Waals surface area contributed by atoms with Gasteiger partial charge >= 0.3 is 6.18 Å². The quantitative estimate of drug-likeness (QED) is 0.852. The number of halogens is 3. The van der Waals surface area contributed by atoms with Crippen LogP contribution in [0.3, 0.4) is 0 Å². The molecule has 4 nitrogen and oxygen atoms in total.